The van der Waals surface area contributed by atoms with Crippen LogP contribution < -0.4 is 5.23 Å². The summed E-state index contributed by atoms with van der Waals surface area (Å²) in [4.78, 5) is 4.88. The summed E-state index contributed by atoms with van der Waals surface area (Å²) in [5.74, 6) is 0.217. The van der Waals surface area contributed by atoms with E-state index in [0.29, 0.717) is 0 Å². The van der Waals surface area contributed by atoms with Gasteiger partial charge in [-0.05, 0) is 18.9 Å². The number of hydrogen-bond acceptors (Lipinski definition) is 2. The number of allylic oxidation sites excluding steroid dienone is 1. The molecule has 3 nitrogen and oxygen atoms in total. The van der Waals surface area contributed by atoms with Crippen LogP contribution in [0.1, 0.15) is 12.8 Å². The Kier molecular flexibility index (Phi) is 1.89. The number of halogens is 1. The van der Waals surface area contributed by atoms with E-state index in [2.05, 4.69) is 0 Å². The Balaban J connectivity index is 2.17. The standard InChI is InChI=1S/C7H10ClNO2/c8-7-5-3-1-2-4-6(5)9(10)11-7/h2,4-7,9H,1,3H2. The smallest absolute Gasteiger partial charge is 0.199 e. The zero-order valence-electron chi connectivity index (χ0n) is 6.00. The van der Waals surface area contributed by atoms with Crippen molar-refractivity contribution in [3.63, 3.8) is 0 Å². The normalized spacial score (nSPS) is 49.3. The van der Waals surface area contributed by atoms with Crippen LogP contribution >= 0.6 is 11.6 Å². The number of rotatable bonds is 0. The highest BCUT2D eigenvalue weighted by molar-refractivity contribution is 6.19. The molecule has 0 aromatic rings. The fourth-order valence-corrected chi connectivity index (χ4v) is 2.05. The number of quaternary nitrogens is 1. The summed E-state index contributed by atoms with van der Waals surface area (Å²) in [6.45, 7) is 0. The highest BCUT2D eigenvalue weighted by atomic mass is 35.5. The molecule has 0 spiro atoms. The highest BCUT2D eigenvalue weighted by Gasteiger charge is 2.42. The Morgan fingerprint density at radius 1 is 1.64 bits per heavy atom. The van der Waals surface area contributed by atoms with Crippen molar-refractivity contribution in [3.8, 4) is 0 Å². The average Bonchev–Trinajstić information content (AvgIpc) is 2.30. The first-order chi connectivity index (χ1) is 5.29. The van der Waals surface area contributed by atoms with Crippen LogP contribution in [0.15, 0.2) is 12.2 Å². The minimum absolute atomic E-state index is 0.0637. The molecule has 1 heterocycles. The van der Waals surface area contributed by atoms with Crippen molar-refractivity contribution in [3.05, 3.63) is 17.4 Å². The molecule has 0 radical (unpaired) electrons. The third-order valence-corrected chi connectivity index (χ3v) is 2.72. The molecule has 0 amide bonds. The minimum Gasteiger partial charge on any atom is -0.599 e. The van der Waals surface area contributed by atoms with Gasteiger partial charge in [-0.3, -0.25) is 0 Å². The van der Waals surface area contributed by atoms with Crippen molar-refractivity contribution in [2.24, 2.45) is 5.92 Å². The van der Waals surface area contributed by atoms with Crippen LogP contribution in [0.3, 0.4) is 0 Å². The van der Waals surface area contributed by atoms with Crippen molar-refractivity contribution in [1.82, 2.24) is 0 Å². The Labute approximate surface area is 70.1 Å². The second-order valence-corrected chi connectivity index (χ2v) is 3.41. The zero-order valence-corrected chi connectivity index (χ0v) is 6.75. The first-order valence-corrected chi connectivity index (χ1v) is 4.24. The van der Waals surface area contributed by atoms with Gasteiger partial charge in [-0.25, -0.2) is 5.23 Å². The van der Waals surface area contributed by atoms with E-state index in [0.717, 1.165) is 12.8 Å². The van der Waals surface area contributed by atoms with E-state index >= 15 is 0 Å². The maximum absolute atomic E-state index is 11.1. The lowest BCUT2D eigenvalue weighted by molar-refractivity contribution is -1.05. The predicted molar refractivity (Wildman–Crippen MR) is 40.7 cm³/mol. The van der Waals surface area contributed by atoms with Gasteiger partial charge in [-0.2, -0.15) is 4.84 Å². The Morgan fingerprint density at radius 3 is 3.18 bits per heavy atom. The van der Waals surface area contributed by atoms with E-state index in [9.17, 15) is 5.21 Å². The molecule has 1 N–H and O–H groups in total. The summed E-state index contributed by atoms with van der Waals surface area (Å²) in [5, 5.41) is 10.9. The van der Waals surface area contributed by atoms with Gasteiger partial charge in [-0.1, -0.05) is 17.7 Å². The molecule has 0 saturated carbocycles. The lowest BCUT2D eigenvalue weighted by atomic mass is 9.91. The van der Waals surface area contributed by atoms with Gasteiger partial charge in [0.15, 0.2) is 5.56 Å². The van der Waals surface area contributed by atoms with Gasteiger partial charge < -0.3 is 5.21 Å². The second-order valence-electron chi connectivity index (χ2n) is 2.98. The van der Waals surface area contributed by atoms with Crippen LogP contribution in [0.4, 0.5) is 0 Å². The van der Waals surface area contributed by atoms with Crippen molar-refractivity contribution in [2.45, 2.75) is 24.4 Å². The fraction of sp³-hybridized carbons (Fsp3) is 0.714. The van der Waals surface area contributed by atoms with Gasteiger partial charge in [0.1, 0.15) is 6.04 Å². The predicted octanol–water partition coefficient (Wildman–Crippen LogP) is 0.214. The molecule has 4 atom stereocenters. The molecule has 0 aromatic heterocycles. The Hall–Kier alpha value is -0.0900. The largest absolute Gasteiger partial charge is 0.599 e. The summed E-state index contributed by atoms with van der Waals surface area (Å²) >= 11 is 5.80. The van der Waals surface area contributed by atoms with Crippen LogP contribution in [-0.4, -0.2) is 11.6 Å². The summed E-state index contributed by atoms with van der Waals surface area (Å²) in [6.07, 6.45) is 5.93. The molecule has 11 heavy (non-hydrogen) atoms. The molecule has 0 bridgehead atoms. The SMILES string of the molecule is [O-][NH+]1OC(Cl)C2CCC=CC21. The third kappa shape index (κ3) is 1.18. The van der Waals surface area contributed by atoms with E-state index in [-0.39, 0.29) is 17.2 Å². The lowest BCUT2D eigenvalue weighted by Crippen LogP contribution is -3.08. The Morgan fingerprint density at radius 2 is 2.45 bits per heavy atom. The second kappa shape index (κ2) is 2.75. The average molecular weight is 176 g/mol. The van der Waals surface area contributed by atoms with Crippen molar-refractivity contribution in [2.75, 3.05) is 0 Å². The number of nitrogens with one attached hydrogen (secondary N) is 1. The molecule has 1 fully saturated rings. The summed E-state index contributed by atoms with van der Waals surface area (Å²) in [5.41, 5.74) is -0.391. The van der Waals surface area contributed by atoms with E-state index in [1.165, 1.54) is 0 Å². The number of hydrogen-bond donors (Lipinski definition) is 1. The first-order valence-electron chi connectivity index (χ1n) is 3.80. The summed E-state index contributed by atoms with van der Waals surface area (Å²) in [6, 6.07) is -0.0637. The topological polar surface area (TPSA) is 36.7 Å². The molecular formula is C7H10ClNO2. The van der Waals surface area contributed by atoms with Crippen molar-refractivity contribution >= 4 is 11.6 Å². The minimum atomic E-state index is -0.391. The molecule has 1 saturated heterocycles. The monoisotopic (exact) mass is 175 g/mol. The molecule has 4 unspecified atom stereocenters. The molecule has 2 aliphatic rings. The quantitative estimate of drug-likeness (QED) is 0.325. The lowest BCUT2D eigenvalue weighted by Gasteiger charge is -2.22. The Bertz CT molecular complexity index is 185. The maximum atomic E-state index is 11.1. The third-order valence-electron chi connectivity index (χ3n) is 2.31. The van der Waals surface area contributed by atoms with Crippen LogP contribution in [0.5, 0.6) is 0 Å². The summed E-state index contributed by atoms with van der Waals surface area (Å²) in [7, 11) is 0. The van der Waals surface area contributed by atoms with E-state index < -0.39 is 5.56 Å². The summed E-state index contributed by atoms with van der Waals surface area (Å²) < 4.78 is 0. The zero-order chi connectivity index (χ0) is 7.84. The molecule has 62 valence electrons. The molecular weight excluding hydrogens is 166 g/mol. The van der Waals surface area contributed by atoms with Crippen LogP contribution in [0, 0.1) is 11.1 Å². The van der Waals surface area contributed by atoms with Crippen LogP contribution in [0.25, 0.3) is 0 Å². The van der Waals surface area contributed by atoms with E-state index in [4.69, 9.17) is 16.4 Å². The number of fused-ring (bicyclic) bond motifs is 1. The van der Waals surface area contributed by atoms with Crippen LogP contribution in [0.2, 0.25) is 0 Å². The highest BCUT2D eigenvalue weighted by Crippen LogP contribution is 2.27. The number of hydroxylamine groups is 2. The molecule has 0 aromatic carbocycles. The van der Waals surface area contributed by atoms with Gasteiger partial charge in [0.2, 0.25) is 0 Å². The molecule has 1 aliphatic carbocycles. The van der Waals surface area contributed by atoms with Gasteiger partial charge >= 0.3 is 0 Å². The van der Waals surface area contributed by atoms with E-state index in [1.807, 2.05) is 12.2 Å². The van der Waals surface area contributed by atoms with Gasteiger partial charge in [0.25, 0.3) is 0 Å². The van der Waals surface area contributed by atoms with Crippen LogP contribution in [-0.2, 0) is 4.84 Å². The van der Waals surface area contributed by atoms with Gasteiger partial charge in [0, 0.05) is 0 Å². The fourth-order valence-electron chi connectivity index (χ4n) is 1.68. The van der Waals surface area contributed by atoms with E-state index in [1.54, 1.807) is 0 Å². The molecule has 2 rings (SSSR count). The van der Waals surface area contributed by atoms with Crippen molar-refractivity contribution < 1.29 is 10.1 Å². The molecule has 1 aliphatic heterocycles. The van der Waals surface area contributed by atoms with Crippen molar-refractivity contribution in [1.29, 1.82) is 0 Å². The number of alkyl halides is 1. The maximum Gasteiger partial charge on any atom is 0.199 e. The first kappa shape index (κ1) is 7.55. The van der Waals surface area contributed by atoms with Gasteiger partial charge in [0.05, 0.1) is 5.92 Å². The van der Waals surface area contributed by atoms with Gasteiger partial charge in [-0.15, -0.1) is 0 Å². The molecule has 4 heteroatoms.